The highest BCUT2D eigenvalue weighted by atomic mass is 35.5. The van der Waals surface area contributed by atoms with Crippen LogP contribution in [0, 0.1) is 23.7 Å². The third kappa shape index (κ3) is 0.352. The van der Waals surface area contributed by atoms with Gasteiger partial charge in [0.2, 0.25) is 0 Å². The van der Waals surface area contributed by atoms with Crippen LogP contribution in [-0.2, 0) is 0 Å². The second-order valence-electron chi connectivity index (χ2n) is 3.74. The molecular formula is C7H10ClN. The molecular weight excluding hydrogens is 134 g/mol. The predicted octanol–water partition coefficient (Wildman–Crippen LogP) is 0.817. The van der Waals surface area contributed by atoms with E-state index in [2.05, 4.69) is 0 Å². The summed E-state index contributed by atoms with van der Waals surface area (Å²) in [5, 5.41) is 0.454. The van der Waals surface area contributed by atoms with E-state index in [0.29, 0.717) is 17.3 Å². The maximum atomic E-state index is 6.11. The summed E-state index contributed by atoms with van der Waals surface area (Å²) in [5.74, 6) is 3.32. The minimum absolute atomic E-state index is 0.454. The van der Waals surface area contributed by atoms with E-state index in [1.54, 1.807) is 0 Å². The van der Waals surface area contributed by atoms with Gasteiger partial charge in [-0.3, -0.25) is 0 Å². The van der Waals surface area contributed by atoms with Crippen LogP contribution in [0.25, 0.3) is 0 Å². The minimum Gasteiger partial charge on any atom is -0.327 e. The van der Waals surface area contributed by atoms with Gasteiger partial charge in [-0.25, -0.2) is 0 Å². The average molecular weight is 144 g/mol. The Morgan fingerprint density at radius 1 is 1.22 bits per heavy atom. The van der Waals surface area contributed by atoms with Gasteiger partial charge in [0.1, 0.15) is 0 Å². The molecule has 9 heavy (non-hydrogen) atoms. The van der Waals surface area contributed by atoms with E-state index < -0.39 is 0 Å². The fourth-order valence-electron chi connectivity index (χ4n) is 3.12. The maximum Gasteiger partial charge on any atom is 0.0413 e. The van der Waals surface area contributed by atoms with Crippen LogP contribution in [0.1, 0.15) is 6.42 Å². The molecule has 50 valence electrons. The molecule has 1 nitrogen and oxygen atoms in total. The van der Waals surface area contributed by atoms with Crippen molar-refractivity contribution in [3.05, 3.63) is 0 Å². The lowest BCUT2D eigenvalue weighted by Gasteiger charge is -2.09. The normalized spacial score (nSPS) is 75.3. The molecule has 0 saturated heterocycles. The van der Waals surface area contributed by atoms with E-state index in [-0.39, 0.29) is 0 Å². The van der Waals surface area contributed by atoms with Crippen molar-refractivity contribution in [2.75, 3.05) is 0 Å². The van der Waals surface area contributed by atoms with E-state index in [9.17, 15) is 0 Å². The van der Waals surface area contributed by atoms with E-state index in [4.69, 9.17) is 17.3 Å². The molecule has 4 aliphatic rings. The molecule has 2 heteroatoms. The van der Waals surface area contributed by atoms with E-state index in [1.165, 1.54) is 6.42 Å². The van der Waals surface area contributed by atoms with Crippen molar-refractivity contribution in [1.82, 2.24) is 0 Å². The van der Waals surface area contributed by atoms with Gasteiger partial charge in [0, 0.05) is 11.4 Å². The van der Waals surface area contributed by atoms with Crippen LogP contribution in [0.4, 0.5) is 0 Å². The largest absolute Gasteiger partial charge is 0.327 e. The number of halogens is 1. The number of rotatable bonds is 0. The molecule has 0 amide bonds. The SMILES string of the molecule is N[C@@H]1[C@H]2C[C@H]3[C@H]1[C@H]3[C@H]2Cl. The van der Waals surface area contributed by atoms with Crippen LogP contribution in [0.5, 0.6) is 0 Å². The van der Waals surface area contributed by atoms with Crippen LogP contribution in [0.3, 0.4) is 0 Å². The van der Waals surface area contributed by atoms with Gasteiger partial charge in [-0.15, -0.1) is 11.6 Å². The van der Waals surface area contributed by atoms with Crippen molar-refractivity contribution < 1.29 is 0 Å². The van der Waals surface area contributed by atoms with Crippen molar-refractivity contribution in [2.45, 2.75) is 17.8 Å². The zero-order valence-electron chi connectivity index (χ0n) is 5.13. The van der Waals surface area contributed by atoms with Gasteiger partial charge in [-0.05, 0) is 30.1 Å². The molecule has 4 fully saturated rings. The average Bonchev–Trinajstić information content (AvgIpc) is 2.18. The monoisotopic (exact) mass is 143 g/mol. The van der Waals surface area contributed by atoms with Crippen molar-refractivity contribution in [2.24, 2.45) is 29.4 Å². The Hall–Kier alpha value is 0.250. The molecule has 4 rings (SSSR count). The summed E-state index contributed by atoms with van der Waals surface area (Å²) in [6.07, 6.45) is 1.34. The zero-order valence-corrected chi connectivity index (χ0v) is 5.88. The van der Waals surface area contributed by atoms with Gasteiger partial charge in [0.25, 0.3) is 0 Å². The molecule has 4 aliphatic carbocycles. The highest BCUT2D eigenvalue weighted by Gasteiger charge is 2.72. The molecule has 0 spiro atoms. The molecule has 0 aromatic heterocycles. The molecule has 4 saturated carbocycles. The summed E-state index contributed by atoms with van der Waals surface area (Å²) in [7, 11) is 0. The third-order valence-corrected chi connectivity index (χ3v) is 4.17. The van der Waals surface area contributed by atoms with E-state index >= 15 is 0 Å². The second kappa shape index (κ2) is 1.17. The van der Waals surface area contributed by atoms with Crippen molar-refractivity contribution >= 4 is 11.6 Å². The van der Waals surface area contributed by atoms with Crippen molar-refractivity contribution in [3.63, 3.8) is 0 Å². The summed E-state index contributed by atoms with van der Waals surface area (Å²) in [6.45, 7) is 0. The van der Waals surface area contributed by atoms with Crippen molar-refractivity contribution in [1.29, 1.82) is 0 Å². The summed E-state index contributed by atoms with van der Waals surface area (Å²) in [5.41, 5.74) is 5.91. The fourth-order valence-corrected chi connectivity index (χ4v) is 3.74. The Morgan fingerprint density at radius 2 is 2.00 bits per heavy atom. The smallest absolute Gasteiger partial charge is 0.0413 e. The Bertz CT molecular complexity index is 150. The lowest BCUT2D eigenvalue weighted by molar-refractivity contribution is 0.526. The molecule has 0 aromatic carbocycles. The Kier molecular flexibility index (Phi) is 0.647. The van der Waals surface area contributed by atoms with Crippen LogP contribution in [-0.4, -0.2) is 11.4 Å². The van der Waals surface area contributed by atoms with Crippen LogP contribution in [0.15, 0.2) is 0 Å². The highest BCUT2D eigenvalue weighted by Crippen LogP contribution is 2.71. The van der Waals surface area contributed by atoms with Crippen molar-refractivity contribution in [3.8, 4) is 0 Å². The summed E-state index contributed by atoms with van der Waals surface area (Å²) < 4.78 is 0. The molecule has 0 unspecified atom stereocenters. The van der Waals surface area contributed by atoms with Gasteiger partial charge >= 0.3 is 0 Å². The minimum atomic E-state index is 0.454. The summed E-state index contributed by atoms with van der Waals surface area (Å²) in [4.78, 5) is 0. The van der Waals surface area contributed by atoms with Gasteiger partial charge in [-0.1, -0.05) is 0 Å². The molecule has 0 aromatic rings. The Morgan fingerprint density at radius 3 is 2.11 bits per heavy atom. The Balaban J connectivity index is 2.07. The first kappa shape index (κ1) is 4.97. The van der Waals surface area contributed by atoms with Crippen LogP contribution < -0.4 is 5.73 Å². The standard InChI is InChI=1S/C7H10ClN/c8-6-3-1-2-4(6)5(2)7(3)9/h2-7H,1,9H2/t2-,3+,4+,5+,6+,7-/m1/s1. The highest BCUT2D eigenvalue weighted by molar-refractivity contribution is 6.21. The number of hydrogen-bond acceptors (Lipinski definition) is 1. The molecule has 0 heterocycles. The predicted molar refractivity (Wildman–Crippen MR) is 36.2 cm³/mol. The summed E-state index contributed by atoms with van der Waals surface area (Å²) >= 11 is 6.11. The number of nitrogens with two attached hydrogens (primary N) is 1. The molecule has 2 N–H and O–H groups in total. The topological polar surface area (TPSA) is 26.0 Å². The number of hydrogen-bond donors (Lipinski definition) is 1. The zero-order chi connectivity index (χ0) is 6.17. The first-order valence-electron chi connectivity index (χ1n) is 3.70. The molecule has 4 bridgehead atoms. The molecule has 6 atom stereocenters. The van der Waals surface area contributed by atoms with Gasteiger partial charge < -0.3 is 5.73 Å². The first-order valence-corrected chi connectivity index (χ1v) is 4.14. The van der Waals surface area contributed by atoms with E-state index in [1.807, 2.05) is 0 Å². The number of alkyl halides is 1. The molecule has 0 aliphatic heterocycles. The lowest BCUT2D eigenvalue weighted by atomic mass is 10.1. The van der Waals surface area contributed by atoms with Crippen LogP contribution >= 0.6 is 11.6 Å². The van der Waals surface area contributed by atoms with Crippen LogP contribution in [0.2, 0.25) is 0 Å². The quantitative estimate of drug-likeness (QED) is 0.500. The summed E-state index contributed by atoms with van der Waals surface area (Å²) in [6, 6.07) is 0.475. The molecule has 0 radical (unpaired) electrons. The van der Waals surface area contributed by atoms with Gasteiger partial charge in [-0.2, -0.15) is 0 Å². The first-order chi connectivity index (χ1) is 4.30. The third-order valence-electron chi connectivity index (χ3n) is 3.55. The second-order valence-corrected chi connectivity index (χ2v) is 4.24. The van der Waals surface area contributed by atoms with E-state index in [0.717, 1.165) is 17.8 Å². The fraction of sp³-hybridized carbons (Fsp3) is 1.00. The maximum absolute atomic E-state index is 6.11. The lowest BCUT2D eigenvalue weighted by Crippen LogP contribution is -2.26. The van der Waals surface area contributed by atoms with Gasteiger partial charge in [0.05, 0.1) is 0 Å². The van der Waals surface area contributed by atoms with Gasteiger partial charge in [0.15, 0.2) is 0 Å². The Labute approximate surface area is 59.6 Å².